The number of hydrazone groups is 1. The molecule has 2 aliphatic rings. The fourth-order valence-electron chi connectivity index (χ4n) is 3.94. The van der Waals surface area contributed by atoms with Crippen LogP contribution < -0.4 is 9.47 Å². The number of para-hydroxylation sites is 2. The van der Waals surface area contributed by atoms with Crippen LogP contribution in [0.15, 0.2) is 82.4 Å². The van der Waals surface area contributed by atoms with E-state index in [1.165, 1.54) is 6.07 Å². The van der Waals surface area contributed by atoms with Crippen LogP contribution in [0.2, 0.25) is 0 Å². The lowest BCUT2D eigenvalue weighted by Crippen LogP contribution is -2.34. The van der Waals surface area contributed by atoms with Gasteiger partial charge in [-0.1, -0.05) is 58.4 Å². The van der Waals surface area contributed by atoms with Gasteiger partial charge in [-0.15, -0.1) is 0 Å². The first-order valence-electron chi connectivity index (χ1n) is 9.51. The van der Waals surface area contributed by atoms with Crippen molar-refractivity contribution < 1.29 is 18.3 Å². The van der Waals surface area contributed by atoms with Gasteiger partial charge in [-0.25, -0.2) is 5.01 Å². The summed E-state index contributed by atoms with van der Waals surface area (Å²) in [5.41, 5.74) is 3.47. The quantitative estimate of drug-likeness (QED) is 0.449. The predicted octanol–water partition coefficient (Wildman–Crippen LogP) is 6.29. The van der Waals surface area contributed by atoms with E-state index in [9.17, 15) is 8.78 Å². The average Bonchev–Trinajstić information content (AvgIpc) is 3.19. The minimum atomic E-state index is -2.92. The van der Waals surface area contributed by atoms with Crippen molar-refractivity contribution in [3.05, 3.63) is 94.0 Å². The highest BCUT2D eigenvalue weighted by atomic mass is 79.9. The minimum Gasteiger partial charge on any atom is -0.464 e. The molecule has 2 heterocycles. The van der Waals surface area contributed by atoms with Crippen molar-refractivity contribution in [2.24, 2.45) is 5.10 Å². The SMILES string of the molecule is FC(F)Oc1ccccc1[C@H]1Oc2ccccc2[C@H]2CC(c3ccc(Br)cc3)=NN21. The standard InChI is InChI=1S/C23H17BrF2N2O2/c24-15-11-9-14(10-12-15)18-13-19-16-5-1-3-7-20(16)29-22(28(19)27-18)17-6-2-4-8-21(17)30-23(25)26/h1-12,19,22-23H,13H2/t19-,22-/m1/s1. The van der Waals surface area contributed by atoms with Crippen LogP contribution in [0, 0.1) is 0 Å². The number of benzene rings is 3. The lowest BCUT2D eigenvalue weighted by molar-refractivity contribution is -0.0578. The van der Waals surface area contributed by atoms with Gasteiger partial charge in [0.2, 0.25) is 6.23 Å². The molecule has 0 fully saturated rings. The van der Waals surface area contributed by atoms with E-state index in [2.05, 4.69) is 15.9 Å². The van der Waals surface area contributed by atoms with Gasteiger partial charge in [0.15, 0.2) is 0 Å². The molecule has 0 saturated heterocycles. The maximum atomic E-state index is 13.0. The molecule has 0 bridgehead atoms. The predicted molar refractivity (Wildman–Crippen MR) is 113 cm³/mol. The van der Waals surface area contributed by atoms with Gasteiger partial charge < -0.3 is 9.47 Å². The largest absolute Gasteiger partial charge is 0.464 e. The third-order valence-electron chi connectivity index (χ3n) is 5.28. The molecule has 0 radical (unpaired) electrons. The summed E-state index contributed by atoms with van der Waals surface area (Å²) in [6.45, 7) is -2.92. The maximum absolute atomic E-state index is 13.0. The van der Waals surface area contributed by atoms with E-state index in [1.54, 1.807) is 18.2 Å². The molecule has 7 heteroatoms. The number of hydrogen-bond acceptors (Lipinski definition) is 4. The lowest BCUT2D eigenvalue weighted by Gasteiger charge is -2.38. The van der Waals surface area contributed by atoms with E-state index in [1.807, 2.05) is 53.5 Å². The van der Waals surface area contributed by atoms with Gasteiger partial charge in [-0.3, -0.25) is 0 Å². The molecule has 2 atom stereocenters. The molecule has 30 heavy (non-hydrogen) atoms. The highest BCUT2D eigenvalue weighted by Gasteiger charge is 2.41. The molecule has 3 aromatic rings. The molecule has 0 amide bonds. The first-order valence-corrected chi connectivity index (χ1v) is 10.3. The summed E-state index contributed by atoms with van der Waals surface area (Å²) in [6.07, 6.45) is 0.0175. The van der Waals surface area contributed by atoms with Gasteiger partial charge >= 0.3 is 6.61 Å². The fourth-order valence-corrected chi connectivity index (χ4v) is 4.21. The number of ether oxygens (including phenoxy) is 2. The topological polar surface area (TPSA) is 34.1 Å². The summed E-state index contributed by atoms with van der Waals surface area (Å²) in [7, 11) is 0. The van der Waals surface area contributed by atoms with Crippen molar-refractivity contribution in [1.29, 1.82) is 0 Å². The van der Waals surface area contributed by atoms with Crippen molar-refractivity contribution in [1.82, 2.24) is 5.01 Å². The Bertz CT molecular complexity index is 1100. The Kier molecular flexibility index (Phi) is 4.90. The first-order chi connectivity index (χ1) is 14.6. The number of hydrogen-bond donors (Lipinski definition) is 0. The van der Waals surface area contributed by atoms with E-state index in [4.69, 9.17) is 14.6 Å². The first kappa shape index (κ1) is 19.1. The Labute approximate surface area is 180 Å². The molecule has 0 N–H and O–H groups in total. The van der Waals surface area contributed by atoms with Crippen LogP contribution in [0.1, 0.15) is 35.4 Å². The van der Waals surface area contributed by atoms with Gasteiger partial charge in [0.25, 0.3) is 0 Å². The van der Waals surface area contributed by atoms with Crippen LogP contribution in [0.4, 0.5) is 8.78 Å². The summed E-state index contributed by atoms with van der Waals surface area (Å²) in [6, 6.07) is 22.4. The molecule has 152 valence electrons. The zero-order valence-corrected chi connectivity index (χ0v) is 17.3. The van der Waals surface area contributed by atoms with Crippen LogP contribution in [0.3, 0.4) is 0 Å². The van der Waals surface area contributed by atoms with Gasteiger partial charge in [0.1, 0.15) is 11.5 Å². The Balaban J connectivity index is 1.59. The van der Waals surface area contributed by atoms with E-state index in [-0.39, 0.29) is 11.8 Å². The monoisotopic (exact) mass is 470 g/mol. The zero-order valence-electron chi connectivity index (χ0n) is 15.7. The summed E-state index contributed by atoms with van der Waals surface area (Å²) in [5, 5.41) is 6.71. The molecule has 2 aliphatic heterocycles. The Hall–Kier alpha value is -2.93. The van der Waals surface area contributed by atoms with Crippen molar-refractivity contribution in [2.45, 2.75) is 25.3 Å². The fraction of sp³-hybridized carbons (Fsp3) is 0.174. The van der Waals surface area contributed by atoms with E-state index in [0.717, 1.165) is 27.1 Å². The van der Waals surface area contributed by atoms with Crippen LogP contribution in [-0.2, 0) is 0 Å². The number of fused-ring (bicyclic) bond motifs is 3. The molecule has 3 aromatic carbocycles. The Morgan fingerprint density at radius 1 is 0.967 bits per heavy atom. The normalized spacial score (nSPS) is 19.7. The highest BCUT2D eigenvalue weighted by Crippen LogP contribution is 2.48. The molecule has 0 unspecified atom stereocenters. The second kappa shape index (κ2) is 7.72. The molecule has 0 aromatic heterocycles. The van der Waals surface area contributed by atoms with Crippen LogP contribution in [0.5, 0.6) is 11.5 Å². The smallest absolute Gasteiger partial charge is 0.387 e. The number of rotatable bonds is 4. The zero-order chi connectivity index (χ0) is 20.7. The summed E-state index contributed by atoms with van der Waals surface area (Å²) in [5.74, 6) is 0.811. The van der Waals surface area contributed by atoms with Crippen molar-refractivity contribution in [3.63, 3.8) is 0 Å². The van der Waals surface area contributed by atoms with Gasteiger partial charge in [-0.05, 0) is 35.9 Å². The van der Waals surface area contributed by atoms with Crippen LogP contribution >= 0.6 is 15.9 Å². The Morgan fingerprint density at radius 2 is 1.67 bits per heavy atom. The van der Waals surface area contributed by atoms with Crippen molar-refractivity contribution in [2.75, 3.05) is 0 Å². The minimum absolute atomic E-state index is 0.0572. The van der Waals surface area contributed by atoms with Gasteiger partial charge in [0, 0.05) is 16.5 Å². The van der Waals surface area contributed by atoms with Crippen LogP contribution in [0.25, 0.3) is 0 Å². The number of nitrogens with zero attached hydrogens (tertiary/aromatic N) is 2. The van der Waals surface area contributed by atoms with Crippen molar-refractivity contribution in [3.8, 4) is 11.5 Å². The Morgan fingerprint density at radius 3 is 2.43 bits per heavy atom. The van der Waals surface area contributed by atoms with Crippen molar-refractivity contribution >= 4 is 21.6 Å². The second-order valence-electron chi connectivity index (χ2n) is 7.08. The highest BCUT2D eigenvalue weighted by molar-refractivity contribution is 9.10. The molecule has 5 rings (SSSR count). The molecule has 0 spiro atoms. The molecule has 0 aliphatic carbocycles. The maximum Gasteiger partial charge on any atom is 0.387 e. The second-order valence-corrected chi connectivity index (χ2v) is 7.99. The molecular weight excluding hydrogens is 454 g/mol. The van der Waals surface area contributed by atoms with E-state index >= 15 is 0 Å². The van der Waals surface area contributed by atoms with E-state index in [0.29, 0.717) is 12.0 Å². The number of alkyl halides is 2. The summed E-state index contributed by atoms with van der Waals surface area (Å²) in [4.78, 5) is 0. The average molecular weight is 471 g/mol. The summed E-state index contributed by atoms with van der Waals surface area (Å²) < 4.78 is 38.0. The van der Waals surface area contributed by atoms with Crippen LogP contribution in [-0.4, -0.2) is 17.3 Å². The van der Waals surface area contributed by atoms with Gasteiger partial charge in [-0.2, -0.15) is 13.9 Å². The third-order valence-corrected chi connectivity index (χ3v) is 5.81. The van der Waals surface area contributed by atoms with Gasteiger partial charge in [0.05, 0.1) is 17.3 Å². The van der Waals surface area contributed by atoms with E-state index < -0.39 is 12.8 Å². The third kappa shape index (κ3) is 3.43. The lowest BCUT2D eigenvalue weighted by atomic mass is 9.96. The molecular formula is C23H17BrF2N2O2. The summed E-state index contributed by atoms with van der Waals surface area (Å²) >= 11 is 3.46. The molecule has 0 saturated carbocycles. The number of halogens is 3. The molecule has 4 nitrogen and oxygen atoms in total.